The van der Waals surface area contributed by atoms with Crippen molar-refractivity contribution >= 4 is 44.0 Å². The summed E-state index contributed by atoms with van der Waals surface area (Å²) in [6.07, 6.45) is 0. The topological polar surface area (TPSA) is 17.0 Å². The first-order valence-electron chi connectivity index (χ1n) is 10.3. The largest absolute Gasteiger partial charge is 0.354 e. The Kier molecular flexibility index (Phi) is 3.03. The molecule has 5 aromatic carbocycles. The van der Waals surface area contributed by atoms with Crippen LogP contribution in [-0.4, -0.2) is 4.57 Å². The van der Waals surface area contributed by atoms with Crippen molar-refractivity contribution in [1.82, 2.24) is 4.57 Å². The molecule has 6 aromatic rings. The van der Waals surface area contributed by atoms with Gasteiger partial charge in [0.2, 0.25) is 0 Å². The molecular weight excluding hydrogens is 364 g/mol. The van der Waals surface area contributed by atoms with Gasteiger partial charge in [-0.3, -0.25) is 0 Å². The molecule has 0 bridgehead atoms. The minimum Gasteiger partial charge on any atom is -0.354 e. The second kappa shape index (κ2) is 5.74. The molecule has 140 valence electrons. The Balaban J connectivity index is 1.74. The van der Waals surface area contributed by atoms with Crippen LogP contribution in [0.25, 0.3) is 49.4 Å². The molecule has 2 heteroatoms. The second-order valence-corrected chi connectivity index (χ2v) is 7.91. The van der Waals surface area contributed by atoms with Crippen LogP contribution in [0.1, 0.15) is 0 Å². The Labute approximate surface area is 174 Å². The molecular formula is C28H18N2. The minimum atomic E-state index is 1.16. The van der Waals surface area contributed by atoms with E-state index in [1.54, 1.807) is 0 Å². The zero-order chi connectivity index (χ0) is 19.7. The van der Waals surface area contributed by atoms with Gasteiger partial charge in [0, 0.05) is 38.8 Å². The third-order valence-corrected chi connectivity index (χ3v) is 6.29. The van der Waals surface area contributed by atoms with Crippen LogP contribution in [0.2, 0.25) is 0 Å². The van der Waals surface area contributed by atoms with Gasteiger partial charge in [-0.05, 0) is 41.3 Å². The van der Waals surface area contributed by atoms with E-state index in [1.807, 2.05) is 0 Å². The maximum absolute atomic E-state index is 3.71. The molecule has 1 aromatic heterocycles. The summed E-state index contributed by atoms with van der Waals surface area (Å²) in [5, 5.41) is 8.84. The zero-order valence-corrected chi connectivity index (χ0v) is 16.3. The summed E-state index contributed by atoms with van der Waals surface area (Å²) in [6.45, 7) is 0. The minimum absolute atomic E-state index is 1.16. The van der Waals surface area contributed by atoms with Gasteiger partial charge in [0.1, 0.15) is 0 Å². The van der Waals surface area contributed by atoms with Gasteiger partial charge in [0.15, 0.2) is 0 Å². The Morgan fingerprint density at radius 1 is 0.567 bits per heavy atom. The highest BCUT2D eigenvalue weighted by Gasteiger charge is 2.24. The first kappa shape index (κ1) is 15.8. The lowest BCUT2D eigenvalue weighted by Crippen LogP contribution is -2.03. The molecule has 2 heterocycles. The van der Waals surface area contributed by atoms with Crippen LogP contribution in [0.4, 0.5) is 11.4 Å². The Morgan fingerprint density at radius 2 is 1.37 bits per heavy atom. The Hall–Kier alpha value is -4.04. The van der Waals surface area contributed by atoms with E-state index in [0.717, 1.165) is 5.69 Å². The number of para-hydroxylation sites is 2. The quantitative estimate of drug-likeness (QED) is 0.308. The van der Waals surface area contributed by atoms with E-state index < -0.39 is 0 Å². The van der Waals surface area contributed by atoms with Crippen molar-refractivity contribution in [3.05, 3.63) is 103 Å². The predicted octanol–water partition coefficient (Wildman–Crippen LogP) is 7.66. The van der Waals surface area contributed by atoms with Crippen LogP contribution in [-0.2, 0) is 0 Å². The standard InChI is InChI=1S/C28H18N2/c1-2-10-19(11-3-1)30-25-15-5-4-12-20(25)21-16-17-24-27(28(21)30)22-13-6-8-18-9-7-14-23(29-24)26(18)22/h1-17,29H. The number of nitrogens with one attached hydrogen (secondary N) is 1. The average Bonchev–Trinajstić information content (AvgIpc) is 3.14. The summed E-state index contributed by atoms with van der Waals surface area (Å²) in [5.41, 5.74) is 8.58. The van der Waals surface area contributed by atoms with Crippen molar-refractivity contribution in [3.63, 3.8) is 0 Å². The molecule has 0 aliphatic carbocycles. The van der Waals surface area contributed by atoms with Crippen LogP contribution >= 0.6 is 0 Å². The van der Waals surface area contributed by atoms with Crippen LogP contribution in [0.15, 0.2) is 103 Å². The van der Waals surface area contributed by atoms with Crippen LogP contribution < -0.4 is 5.32 Å². The van der Waals surface area contributed by atoms with E-state index in [-0.39, 0.29) is 0 Å². The summed E-state index contributed by atoms with van der Waals surface area (Å²) in [5.74, 6) is 0. The highest BCUT2D eigenvalue weighted by Crippen LogP contribution is 2.49. The van der Waals surface area contributed by atoms with E-state index in [4.69, 9.17) is 0 Å². The number of fused-ring (bicyclic) bond motifs is 6. The summed E-state index contributed by atoms with van der Waals surface area (Å²) in [6, 6.07) is 37.0. The molecule has 0 saturated heterocycles. The van der Waals surface area contributed by atoms with E-state index in [1.165, 1.54) is 55.1 Å². The predicted molar refractivity (Wildman–Crippen MR) is 127 cm³/mol. The van der Waals surface area contributed by atoms with E-state index in [9.17, 15) is 0 Å². The van der Waals surface area contributed by atoms with Crippen molar-refractivity contribution in [2.24, 2.45) is 0 Å². The normalized spacial score (nSPS) is 12.3. The number of anilines is 2. The van der Waals surface area contributed by atoms with Gasteiger partial charge >= 0.3 is 0 Å². The third-order valence-electron chi connectivity index (χ3n) is 6.29. The molecule has 0 radical (unpaired) electrons. The third kappa shape index (κ3) is 1.98. The molecule has 0 saturated carbocycles. The highest BCUT2D eigenvalue weighted by atomic mass is 15.0. The van der Waals surface area contributed by atoms with Crippen molar-refractivity contribution < 1.29 is 0 Å². The number of aromatic nitrogens is 1. The molecule has 0 atom stereocenters. The maximum Gasteiger partial charge on any atom is 0.0640 e. The molecule has 0 spiro atoms. The van der Waals surface area contributed by atoms with Crippen molar-refractivity contribution in [1.29, 1.82) is 0 Å². The zero-order valence-electron chi connectivity index (χ0n) is 16.3. The molecule has 0 unspecified atom stereocenters. The Bertz CT molecular complexity index is 1600. The lowest BCUT2D eigenvalue weighted by atomic mass is 9.91. The number of nitrogens with zero attached hydrogens (tertiary/aromatic N) is 1. The fourth-order valence-electron chi connectivity index (χ4n) is 5.08. The lowest BCUT2D eigenvalue weighted by molar-refractivity contribution is 1.18. The lowest BCUT2D eigenvalue weighted by Gasteiger charge is -2.24. The van der Waals surface area contributed by atoms with Gasteiger partial charge in [-0.25, -0.2) is 0 Å². The van der Waals surface area contributed by atoms with Crippen LogP contribution in [0.3, 0.4) is 0 Å². The van der Waals surface area contributed by atoms with Crippen molar-refractivity contribution in [2.45, 2.75) is 0 Å². The molecule has 0 fully saturated rings. The van der Waals surface area contributed by atoms with Gasteiger partial charge in [-0.1, -0.05) is 72.8 Å². The number of hydrogen-bond acceptors (Lipinski definition) is 1. The molecule has 1 aliphatic heterocycles. The number of benzene rings is 5. The van der Waals surface area contributed by atoms with Crippen LogP contribution in [0.5, 0.6) is 0 Å². The van der Waals surface area contributed by atoms with Gasteiger partial charge in [-0.2, -0.15) is 0 Å². The highest BCUT2D eigenvalue weighted by molar-refractivity contribution is 6.21. The second-order valence-electron chi connectivity index (χ2n) is 7.91. The summed E-state index contributed by atoms with van der Waals surface area (Å²) in [4.78, 5) is 0. The van der Waals surface area contributed by atoms with Gasteiger partial charge in [0.25, 0.3) is 0 Å². The van der Waals surface area contributed by atoms with Gasteiger partial charge in [-0.15, -0.1) is 0 Å². The molecule has 1 N–H and O–H groups in total. The van der Waals surface area contributed by atoms with E-state index in [0.29, 0.717) is 0 Å². The molecule has 2 nitrogen and oxygen atoms in total. The molecule has 1 aliphatic rings. The first-order valence-corrected chi connectivity index (χ1v) is 10.3. The number of hydrogen-bond donors (Lipinski definition) is 1. The smallest absolute Gasteiger partial charge is 0.0640 e. The fraction of sp³-hybridized carbons (Fsp3) is 0. The SMILES string of the molecule is c1ccc(-n2c3ccccc3c3ccc4c(c32)-c2cccc3cccc(c23)N4)cc1. The summed E-state index contributed by atoms with van der Waals surface area (Å²) in [7, 11) is 0. The monoisotopic (exact) mass is 382 g/mol. The van der Waals surface area contributed by atoms with E-state index >= 15 is 0 Å². The molecule has 30 heavy (non-hydrogen) atoms. The van der Waals surface area contributed by atoms with E-state index in [2.05, 4.69) is 113 Å². The summed E-state index contributed by atoms with van der Waals surface area (Å²) < 4.78 is 2.41. The molecule has 7 rings (SSSR count). The fourth-order valence-corrected chi connectivity index (χ4v) is 5.08. The average molecular weight is 382 g/mol. The first-order chi connectivity index (χ1) is 14.9. The van der Waals surface area contributed by atoms with Gasteiger partial charge < -0.3 is 9.88 Å². The summed E-state index contributed by atoms with van der Waals surface area (Å²) >= 11 is 0. The van der Waals surface area contributed by atoms with Crippen molar-refractivity contribution in [3.8, 4) is 16.8 Å². The van der Waals surface area contributed by atoms with Gasteiger partial charge in [0.05, 0.1) is 11.0 Å². The maximum atomic E-state index is 3.71. The van der Waals surface area contributed by atoms with Crippen molar-refractivity contribution in [2.75, 3.05) is 5.32 Å². The Morgan fingerprint density at radius 3 is 2.27 bits per heavy atom. The number of rotatable bonds is 1. The van der Waals surface area contributed by atoms with Crippen LogP contribution in [0, 0.1) is 0 Å². The molecule has 0 amide bonds.